The van der Waals surface area contributed by atoms with E-state index < -0.39 is 53.4 Å². The zero-order valence-corrected chi connectivity index (χ0v) is 19.9. The van der Waals surface area contributed by atoms with Crippen molar-refractivity contribution in [1.29, 1.82) is 0 Å². The molecule has 0 aromatic heterocycles. The second-order valence-electron chi connectivity index (χ2n) is 9.80. The third-order valence-corrected chi connectivity index (χ3v) is 6.94. The predicted octanol–water partition coefficient (Wildman–Crippen LogP) is -0.133. The van der Waals surface area contributed by atoms with Gasteiger partial charge in [0.15, 0.2) is 0 Å². The maximum absolute atomic E-state index is 12.9. The van der Waals surface area contributed by atoms with Crippen molar-refractivity contribution in [2.24, 2.45) is 11.1 Å². The van der Waals surface area contributed by atoms with Gasteiger partial charge in [0.25, 0.3) is 0 Å². The molecule has 1 saturated carbocycles. The molecule has 1 aromatic rings. The van der Waals surface area contributed by atoms with E-state index in [1.807, 2.05) is 0 Å². The van der Waals surface area contributed by atoms with Crippen LogP contribution in [0.25, 0.3) is 0 Å². The highest BCUT2D eigenvalue weighted by atomic mass is 16.4. The summed E-state index contributed by atoms with van der Waals surface area (Å²) in [5.74, 6) is -2.87. The normalized spacial score (nSPS) is 23.8. The molecule has 2 aliphatic carbocycles. The average molecular weight is 504 g/mol. The van der Waals surface area contributed by atoms with Crippen molar-refractivity contribution in [1.82, 2.24) is 10.6 Å². The molecule has 8 N–H and O–H groups in total. The van der Waals surface area contributed by atoms with Gasteiger partial charge in [-0.15, -0.1) is 0 Å². The Morgan fingerprint density at radius 1 is 1.06 bits per heavy atom. The van der Waals surface area contributed by atoms with Crippen molar-refractivity contribution in [2.45, 2.75) is 75.7 Å². The average Bonchev–Trinajstić information content (AvgIpc) is 3.24. The van der Waals surface area contributed by atoms with Crippen molar-refractivity contribution >= 4 is 23.7 Å². The topological polar surface area (TPSA) is 199 Å². The first-order valence-electron chi connectivity index (χ1n) is 11.9. The number of nitrogens with two attached hydrogens (primary N) is 1. The highest BCUT2D eigenvalue weighted by Gasteiger charge is 2.40. The van der Waals surface area contributed by atoms with E-state index in [-0.39, 0.29) is 37.0 Å². The molecule has 2 aliphatic rings. The van der Waals surface area contributed by atoms with Crippen LogP contribution in [-0.2, 0) is 25.6 Å². The highest BCUT2D eigenvalue weighted by molar-refractivity contribution is 5.97. The molecule has 0 bridgehead atoms. The van der Waals surface area contributed by atoms with Crippen LogP contribution in [0.1, 0.15) is 50.5 Å². The van der Waals surface area contributed by atoms with Gasteiger partial charge in [-0.05, 0) is 36.0 Å². The number of phenolic OH excluding ortho intramolecular Hbond substituents is 1. The zero-order valence-electron chi connectivity index (χ0n) is 19.9. The molecule has 4 unspecified atom stereocenters. The van der Waals surface area contributed by atoms with Crippen molar-refractivity contribution in [3.8, 4) is 5.75 Å². The number of carboxylic acids is 1. The Kier molecular flexibility index (Phi) is 8.70. The number of aliphatic hydroxyl groups is 2. The fourth-order valence-electron chi connectivity index (χ4n) is 5.04. The number of amides is 3. The van der Waals surface area contributed by atoms with Crippen LogP contribution < -0.4 is 16.4 Å². The number of carbonyl (C=O) groups is 4. The molecule has 36 heavy (non-hydrogen) atoms. The first kappa shape index (κ1) is 27.2. The quantitative estimate of drug-likeness (QED) is 0.229. The van der Waals surface area contributed by atoms with E-state index in [9.17, 15) is 39.6 Å². The van der Waals surface area contributed by atoms with E-state index in [0.29, 0.717) is 18.4 Å². The van der Waals surface area contributed by atoms with Gasteiger partial charge >= 0.3 is 5.97 Å². The van der Waals surface area contributed by atoms with Gasteiger partial charge in [-0.3, -0.25) is 19.2 Å². The van der Waals surface area contributed by atoms with Gasteiger partial charge in [0.05, 0.1) is 18.6 Å². The molecule has 0 aliphatic heterocycles. The number of hydrogen-bond acceptors (Lipinski definition) is 7. The first-order valence-corrected chi connectivity index (χ1v) is 11.9. The molecule has 4 atom stereocenters. The lowest BCUT2D eigenvalue weighted by molar-refractivity contribution is -0.140. The van der Waals surface area contributed by atoms with Crippen LogP contribution in [0, 0.1) is 5.41 Å². The minimum atomic E-state index is -1.37. The lowest BCUT2D eigenvalue weighted by Gasteiger charge is -2.33. The van der Waals surface area contributed by atoms with Crippen molar-refractivity contribution in [2.75, 3.05) is 0 Å². The van der Waals surface area contributed by atoms with Crippen LogP contribution in [0.5, 0.6) is 5.75 Å². The largest absolute Gasteiger partial charge is 0.508 e. The number of hydrogen-bond donors (Lipinski definition) is 7. The second-order valence-corrected chi connectivity index (χ2v) is 9.80. The van der Waals surface area contributed by atoms with Gasteiger partial charge in [-0.25, -0.2) is 0 Å². The van der Waals surface area contributed by atoms with Crippen LogP contribution in [0.3, 0.4) is 0 Å². The summed E-state index contributed by atoms with van der Waals surface area (Å²) >= 11 is 0. The lowest BCUT2D eigenvalue weighted by atomic mass is 9.79. The molecule has 3 amide bonds. The van der Waals surface area contributed by atoms with Gasteiger partial charge in [0.1, 0.15) is 17.9 Å². The highest BCUT2D eigenvalue weighted by Crippen LogP contribution is 2.44. The lowest BCUT2D eigenvalue weighted by Crippen LogP contribution is -2.52. The number of aliphatic hydroxyl groups excluding tert-OH is 2. The van der Waals surface area contributed by atoms with Crippen LogP contribution in [0.4, 0.5) is 0 Å². The number of aliphatic carboxylic acids is 1. The number of aromatic hydroxyl groups is 1. The first-order chi connectivity index (χ1) is 17.0. The molecule has 3 rings (SSSR count). The summed E-state index contributed by atoms with van der Waals surface area (Å²) in [5, 5.41) is 44.6. The number of benzene rings is 1. The monoisotopic (exact) mass is 503 g/mol. The predicted molar refractivity (Wildman–Crippen MR) is 127 cm³/mol. The van der Waals surface area contributed by atoms with E-state index in [0.717, 1.165) is 12.8 Å². The smallest absolute Gasteiger partial charge is 0.303 e. The molecule has 1 aromatic carbocycles. The molecule has 0 saturated heterocycles. The van der Waals surface area contributed by atoms with E-state index >= 15 is 0 Å². The van der Waals surface area contributed by atoms with Gasteiger partial charge in [0.2, 0.25) is 17.7 Å². The number of primary amides is 1. The Labute approximate surface area is 208 Å². The number of carboxylic acid groups (broad SMARTS) is 1. The second kappa shape index (κ2) is 11.5. The minimum absolute atomic E-state index is 0.0373. The Hall–Kier alpha value is -3.44. The van der Waals surface area contributed by atoms with Gasteiger partial charge < -0.3 is 36.8 Å². The van der Waals surface area contributed by atoms with Crippen LogP contribution in [-0.4, -0.2) is 68.4 Å². The summed E-state index contributed by atoms with van der Waals surface area (Å²) in [6.45, 7) is 0. The molecular formula is C25H33N3O8. The molecular weight excluding hydrogens is 470 g/mol. The SMILES string of the molecule is NC(=O)C(Cc1ccc(O)cc1)NC(=O)C1=CC(NC(=O)CC2(CC(=O)O)CCCC2)C(O)C(O)C1. The third-order valence-electron chi connectivity index (χ3n) is 6.94. The molecule has 0 spiro atoms. The summed E-state index contributed by atoms with van der Waals surface area (Å²) in [6, 6.07) is 3.91. The van der Waals surface area contributed by atoms with Crippen molar-refractivity contribution in [3.05, 3.63) is 41.5 Å². The van der Waals surface area contributed by atoms with Crippen molar-refractivity contribution < 1.29 is 39.6 Å². The Morgan fingerprint density at radius 2 is 1.69 bits per heavy atom. The van der Waals surface area contributed by atoms with Gasteiger partial charge in [0, 0.05) is 24.8 Å². The molecule has 11 nitrogen and oxygen atoms in total. The molecule has 11 heteroatoms. The minimum Gasteiger partial charge on any atom is -0.508 e. The van der Waals surface area contributed by atoms with E-state index in [2.05, 4.69) is 10.6 Å². The Morgan fingerprint density at radius 3 is 2.28 bits per heavy atom. The van der Waals surface area contributed by atoms with E-state index in [1.54, 1.807) is 12.1 Å². The number of phenols is 1. The van der Waals surface area contributed by atoms with Crippen LogP contribution in [0.2, 0.25) is 0 Å². The van der Waals surface area contributed by atoms with Gasteiger partial charge in [-0.1, -0.05) is 31.1 Å². The molecule has 1 fully saturated rings. The number of nitrogens with one attached hydrogen (secondary N) is 2. The fraction of sp³-hybridized carbons (Fsp3) is 0.520. The molecule has 196 valence electrons. The third kappa shape index (κ3) is 7.05. The van der Waals surface area contributed by atoms with Gasteiger partial charge in [-0.2, -0.15) is 0 Å². The Balaban J connectivity index is 1.69. The van der Waals surface area contributed by atoms with E-state index in [4.69, 9.17) is 5.73 Å². The van der Waals surface area contributed by atoms with Crippen LogP contribution >= 0.6 is 0 Å². The molecule has 0 heterocycles. The summed E-state index contributed by atoms with van der Waals surface area (Å²) in [4.78, 5) is 48.9. The number of rotatable bonds is 10. The zero-order chi connectivity index (χ0) is 26.5. The molecule has 0 radical (unpaired) electrons. The van der Waals surface area contributed by atoms with Crippen LogP contribution in [0.15, 0.2) is 35.9 Å². The summed E-state index contributed by atoms with van der Waals surface area (Å²) in [6.07, 6.45) is 1.23. The fourth-order valence-corrected chi connectivity index (χ4v) is 5.04. The maximum Gasteiger partial charge on any atom is 0.303 e. The summed E-state index contributed by atoms with van der Waals surface area (Å²) in [5.41, 5.74) is 5.51. The summed E-state index contributed by atoms with van der Waals surface area (Å²) < 4.78 is 0. The standard InChI is InChI=1S/C25H33N3O8/c26-23(35)18(9-14-3-5-16(29)6-4-14)28-24(36)15-10-17(22(34)19(30)11-15)27-20(31)12-25(13-21(32)33)7-1-2-8-25/h3-6,10,17-19,22,29-30,34H,1-2,7-9,11-13H2,(H2,26,35)(H,27,31)(H,28,36)(H,32,33). The Bertz CT molecular complexity index is 1020. The maximum atomic E-state index is 12.9. The number of carbonyl (C=O) groups excluding carboxylic acids is 3. The van der Waals surface area contributed by atoms with Crippen molar-refractivity contribution in [3.63, 3.8) is 0 Å². The van der Waals surface area contributed by atoms with E-state index in [1.165, 1.54) is 18.2 Å². The summed E-state index contributed by atoms with van der Waals surface area (Å²) in [7, 11) is 0.